The van der Waals surface area contributed by atoms with Gasteiger partial charge >= 0.3 is 5.97 Å². The van der Waals surface area contributed by atoms with Crippen LogP contribution in [-0.2, 0) is 9.53 Å². The van der Waals surface area contributed by atoms with Crippen LogP contribution in [-0.4, -0.2) is 13.1 Å². The lowest BCUT2D eigenvalue weighted by molar-refractivity contribution is -0.140. The Morgan fingerprint density at radius 1 is 1.14 bits per heavy atom. The molecular weight excluding hydrogens is 176 g/mol. The molecule has 0 rings (SSSR count). The smallest absolute Gasteiger partial charge is 0.305 e. The van der Waals surface area contributed by atoms with Crippen LogP contribution >= 0.6 is 0 Å². The van der Waals surface area contributed by atoms with Gasteiger partial charge in [-0.2, -0.15) is 0 Å². The second-order valence-electron chi connectivity index (χ2n) is 3.41. The minimum Gasteiger partial charge on any atom is -0.469 e. The molecule has 2 nitrogen and oxygen atoms in total. The first kappa shape index (κ1) is 13.2. The van der Waals surface area contributed by atoms with Gasteiger partial charge in [0, 0.05) is 6.42 Å². The van der Waals surface area contributed by atoms with Crippen LogP contribution in [0.1, 0.15) is 51.9 Å². The van der Waals surface area contributed by atoms with Crippen molar-refractivity contribution in [3.05, 3.63) is 12.2 Å². The van der Waals surface area contributed by atoms with E-state index in [0.717, 1.165) is 19.3 Å². The SMILES string of the molecule is CC/C=C/CCCCCCC(=O)OC. The minimum absolute atomic E-state index is 0.0871. The van der Waals surface area contributed by atoms with Crippen LogP contribution in [0.25, 0.3) is 0 Å². The predicted octanol–water partition coefficient (Wildman–Crippen LogP) is 3.47. The van der Waals surface area contributed by atoms with Gasteiger partial charge in [-0.1, -0.05) is 31.9 Å². The molecular formula is C12H22O2. The summed E-state index contributed by atoms with van der Waals surface area (Å²) in [7, 11) is 1.44. The quantitative estimate of drug-likeness (QED) is 0.339. The molecule has 2 heteroatoms. The fourth-order valence-electron chi connectivity index (χ4n) is 1.27. The van der Waals surface area contributed by atoms with E-state index < -0.39 is 0 Å². The number of esters is 1. The first-order valence-electron chi connectivity index (χ1n) is 5.53. The number of carbonyl (C=O) groups is 1. The summed E-state index contributed by atoms with van der Waals surface area (Å²) in [5.41, 5.74) is 0. The minimum atomic E-state index is -0.0871. The van der Waals surface area contributed by atoms with Crippen LogP contribution in [0.4, 0.5) is 0 Å². The fourth-order valence-corrected chi connectivity index (χ4v) is 1.27. The van der Waals surface area contributed by atoms with E-state index in [2.05, 4.69) is 23.8 Å². The second kappa shape index (κ2) is 10.3. The van der Waals surface area contributed by atoms with Gasteiger partial charge in [-0.3, -0.25) is 4.79 Å². The molecule has 14 heavy (non-hydrogen) atoms. The molecule has 0 amide bonds. The Balaban J connectivity index is 3.06. The number of methoxy groups -OCH3 is 1. The highest BCUT2D eigenvalue weighted by atomic mass is 16.5. The van der Waals surface area contributed by atoms with Crippen LogP contribution in [0.15, 0.2) is 12.2 Å². The van der Waals surface area contributed by atoms with Crippen LogP contribution < -0.4 is 0 Å². The van der Waals surface area contributed by atoms with Crippen LogP contribution in [0.5, 0.6) is 0 Å². The topological polar surface area (TPSA) is 26.3 Å². The Labute approximate surface area is 87.3 Å². The van der Waals surface area contributed by atoms with Gasteiger partial charge in [0.1, 0.15) is 0 Å². The highest BCUT2D eigenvalue weighted by Crippen LogP contribution is 2.06. The van der Waals surface area contributed by atoms with Gasteiger partial charge < -0.3 is 4.74 Å². The zero-order valence-corrected chi connectivity index (χ0v) is 9.42. The van der Waals surface area contributed by atoms with E-state index in [1.807, 2.05) is 0 Å². The summed E-state index contributed by atoms with van der Waals surface area (Å²) in [6, 6.07) is 0. The molecule has 0 radical (unpaired) electrons. The van der Waals surface area contributed by atoms with Crippen molar-refractivity contribution in [2.45, 2.75) is 51.9 Å². The molecule has 0 saturated carbocycles. The lowest BCUT2D eigenvalue weighted by Crippen LogP contribution is -1.98. The molecule has 0 saturated heterocycles. The summed E-state index contributed by atoms with van der Waals surface area (Å²) in [5, 5.41) is 0. The molecule has 0 unspecified atom stereocenters. The van der Waals surface area contributed by atoms with E-state index in [0.29, 0.717) is 6.42 Å². The first-order chi connectivity index (χ1) is 6.81. The molecule has 0 N–H and O–H groups in total. The van der Waals surface area contributed by atoms with Crippen molar-refractivity contribution in [3.8, 4) is 0 Å². The van der Waals surface area contributed by atoms with E-state index in [4.69, 9.17) is 0 Å². The normalized spacial score (nSPS) is 10.7. The molecule has 0 spiro atoms. The third-order valence-corrected chi connectivity index (χ3v) is 2.13. The van der Waals surface area contributed by atoms with Gasteiger partial charge in [-0.25, -0.2) is 0 Å². The van der Waals surface area contributed by atoms with E-state index >= 15 is 0 Å². The van der Waals surface area contributed by atoms with Crippen LogP contribution in [0, 0.1) is 0 Å². The Kier molecular flexibility index (Phi) is 9.71. The lowest BCUT2D eigenvalue weighted by Gasteiger charge is -1.99. The van der Waals surface area contributed by atoms with Crippen molar-refractivity contribution in [3.63, 3.8) is 0 Å². The zero-order valence-electron chi connectivity index (χ0n) is 9.42. The summed E-state index contributed by atoms with van der Waals surface area (Å²) in [6.45, 7) is 2.15. The average Bonchev–Trinajstić information content (AvgIpc) is 2.21. The van der Waals surface area contributed by atoms with E-state index in [1.54, 1.807) is 0 Å². The highest BCUT2D eigenvalue weighted by molar-refractivity contribution is 5.68. The van der Waals surface area contributed by atoms with Gasteiger partial charge in [-0.15, -0.1) is 0 Å². The van der Waals surface area contributed by atoms with Crippen LogP contribution in [0.2, 0.25) is 0 Å². The zero-order chi connectivity index (χ0) is 10.6. The monoisotopic (exact) mass is 198 g/mol. The van der Waals surface area contributed by atoms with Crippen molar-refractivity contribution in [2.24, 2.45) is 0 Å². The van der Waals surface area contributed by atoms with Crippen molar-refractivity contribution < 1.29 is 9.53 Å². The van der Waals surface area contributed by atoms with Crippen molar-refractivity contribution in [1.29, 1.82) is 0 Å². The molecule has 0 aliphatic heterocycles. The number of hydrogen-bond acceptors (Lipinski definition) is 2. The van der Waals surface area contributed by atoms with Gasteiger partial charge in [-0.05, 0) is 25.7 Å². The molecule has 0 heterocycles. The third-order valence-electron chi connectivity index (χ3n) is 2.13. The lowest BCUT2D eigenvalue weighted by atomic mass is 10.1. The van der Waals surface area contributed by atoms with E-state index in [-0.39, 0.29) is 5.97 Å². The van der Waals surface area contributed by atoms with E-state index in [9.17, 15) is 4.79 Å². The number of unbranched alkanes of at least 4 members (excludes halogenated alkanes) is 4. The van der Waals surface area contributed by atoms with Gasteiger partial charge in [0.25, 0.3) is 0 Å². The molecule has 0 fully saturated rings. The second-order valence-corrected chi connectivity index (χ2v) is 3.41. The third kappa shape index (κ3) is 9.30. The molecule has 0 aliphatic carbocycles. The summed E-state index contributed by atoms with van der Waals surface area (Å²) >= 11 is 0. The Morgan fingerprint density at radius 3 is 2.50 bits per heavy atom. The molecule has 0 aromatic rings. The van der Waals surface area contributed by atoms with Crippen molar-refractivity contribution >= 4 is 5.97 Å². The largest absolute Gasteiger partial charge is 0.469 e. The Hall–Kier alpha value is -0.790. The number of allylic oxidation sites excluding steroid dienone is 2. The summed E-state index contributed by atoms with van der Waals surface area (Å²) in [6.07, 6.45) is 11.9. The van der Waals surface area contributed by atoms with Crippen molar-refractivity contribution in [1.82, 2.24) is 0 Å². The van der Waals surface area contributed by atoms with Gasteiger partial charge in [0.05, 0.1) is 7.11 Å². The summed E-state index contributed by atoms with van der Waals surface area (Å²) in [4.78, 5) is 10.8. The molecule has 0 aromatic carbocycles. The maximum absolute atomic E-state index is 10.8. The number of carbonyl (C=O) groups excluding carboxylic acids is 1. The predicted molar refractivity (Wildman–Crippen MR) is 59.1 cm³/mol. The van der Waals surface area contributed by atoms with Gasteiger partial charge in [0.15, 0.2) is 0 Å². The number of ether oxygens (including phenoxy) is 1. The maximum Gasteiger partial charge on any atom is 0.305 e. The fraction of sp³-hybridized carbons (Fsp3) is 0.750. The molecule has 0 aromatic heterocycles. The standard InChI is InChI=1S/C12H22O2/c1-3-4-5-6-7-8-9-10-11-12(13)14-2/h4-5H,3,6-11H2,1-2H3/b5-4+. The summed E-state index contributed by atoms with van der Waals surface area (Å²) < 4.78 is 4.56. The molecule has 0 bridgehead atoms. The summed E-state index contributed by atoms with van der Waals surface area (Å²) in [5.74, 6) is -0.0871. The number of rotatable bonds is 8. The van der Waals surface area contributed by atoms with E-state index in [1.165, 1.54) is 26.4 Å². The molecule has 0 atom stereocenters. The number of hydrogen-bond donors (Lipinski definition) is 0. The Morgan fingerprint density at radius 2 is 1.86 bits per heavy atom. The van der Waals surface area contributed by atoms with Crippen molar-refractivity contribution in [2.75, 3.05) is 7.11 Å². The Bertz CT molecular complexity index is 162. The molecule has 0 aliphatic rings. The van der Waals surface area contributed by atoms with Gasteiger partial charge in [0.2, 0.25) is 0 Å². The average molecular weight is 198 g/mol. The van der Waals surface area contributed by atoms with Crippen LogP contribution in [0.3, 0.4) is 0 Å². The highest BCUT2D eigenvalue weighted by Gasteiger charge is 1.98. The molecule has 82 valence electrons. The first-order valence-corrected chi connectivity index (χ1v) is 5.53. The maximum atomic E-state index is 10.8.